The number of aromatic nitrogens is 1. The highest BCUT2D eigenvalue weighted by Crippen LogP contribution is 2.37. The van der Waals surface area contributed by atoms with E-state index in [0.717, 1.165) is 0 Å². The van der Waals surface area contributed by atoms with Gasteiger partial charge in [-0.2, -0.15) is 13.2 Å². The van der Waals surface area contributed by atoms with Gasteiger partial charge in [0.1, 0.15) is 0 Å². The SMILES string of the molecule is COc1cccnc1NC(=O)CC(c1ccccc1)C(F)(F)F. The van der Waals surface area contributed by atoms with Gasteiger partial charge in [0.15, 0.2) is 11.6 Å². The van der Waals surface area contributed by atoms with Crippen LogP contribution < -0.4 is 10.1 Å². The Kier molecular flexibility index (Phi) is 5.20. The van der Waals surface area contributed by atoms with Crippen LogP contribution in [0.5, 0.6) is 5.75 Å². The first-order valence-corrected chi connectivity index (χ1v) is 6.82. The molecule has 0 bridgehead atoms. The van der Waals surface area contributed by atoms with E-state index in [4.69, 9.17) is 4.74 Å². The lowest BCUT2D eigenvalue weighted by Gasteiger charge is -2.20. The molecule has 23 heavy (non-hydrogen) atoms. The molecule has 0 saturated heterocycles. The molecule has 0 radical (unpaired) electrons. The summed E-state index contributed by atoms with van der Waals surface area (Å²) in [4.78, 5) is 15.9. The Morgan fingerprint density at radius 1 is 1.22 bits per heavy atom. The van der Waals surface area contributed by atoms with Crippen LogP contribution in [-0.4, -0.2) is 24.2 Å². The molecule has 4 nitrogen and oxygen atoms in total. The summed E-state index contributed by atoms with van der Waals surface area (Å²) in [5.74, 6) is -2.29. The summed E-state index contributed by atoms with van der Waals surface area (Å²) < 4.78 is 44.7. The van der Waals surface area contributed by atoms with E-state index in [1.54, 1.807) is 18.2 Å². The van der Waals surface area contributed by atoms with Crippen LogP contribution in [0.25, 0.3) is 0 Å². The topological polar surface area (TPSA) is 51.2 Å². The summed E-state index contributed by atoms with van der Waals surface area (Å²) in [6.07, 6.45) is -3.84. The normalized spacial score (nSPS) is 12.5. The molecule has 2 rings (SSSR count). The van der Waals surface area contributed by atoms with E-state index in [1.807, 2.05) is 0 Å². The number of carbonyl (C=O) groups excluding carboxylic acids is 1. The molecule has 0 aliphatic carbocycles. The third-order valence-corrected chi connectivity index (χ3v) is 3.24. The summed E-state index contributed by atoms with van der Waals surface area (Å²) in [5.41, 5.74) is 0.0446. The van der Waals surface area contributed by atoms with Crippen molar-refractivity contribution in [2.45, 2.75) is 18.5 Å². The number of anilines is 1. The highest BCUT2D eigenvalue weighted by molar-refractivity contribution is 5.91. The predicted octanol–water partition coefficient (Wildman–Crippen LogP) is 3.76. The van der Waals surface area contributed by atoms with Gasteiger partial charge in [-0.3, -0.25) is 4.79 Å². The van der Waals surface area contributed by atoms with Gasteiger partial charge in [0.05, 0.1) is 13.0 Å². The van der Waals surface area contributed by atoms with Gasteiger partial charge in [0.2, 0.25) is 5.91 Å². The van der Waals surface area contributed by atoms with Crippen molar-refractivity contribution >= 4 is 11.7 Å². The van der Waals surface area contributed by atoms with Crippen LogP contribution in [0, 0.1) is 0 Å². The zero-order chi connectivity index (χ0) is 16.9. The number of benzene rings is 1. The third kappa shape index (κ3) is 4.45. The summed E-state index contributed by atoms with van der Waals surface area (Å²) in [6.45, 7) is 0. The Bertz CT molecular complexity index is 660. The van der Waals surface area contributed by atoms with Crippen molar-refractivity contribution < 1.29 is 22.7 Å². The smallest absolute Gasteiger partial charge is 0.396 e. The molecule has 1 aromatic carbocycles. The highest BCUT2D eigenvalue weighted by atomic mass is 19.4. The first kappa shape index (κ1) is 16.8. The number of nitrogens with one attached hydrogen (secondary N) is 1. The van der Waals surface area contributed by atoms with Crippen molar-refractivity contribution in [2.24, 2.45) is 0 Å². The first-order chi connectivity index (χ1) is 10.9. The van der Waals surface area contributed by atoms with Gasteiger partial charge in [0, 0.05) is 12.6 Å². The number of rotatable bonds is 5. The maximum Gasteiger partial charge on any atom is 0.396 e. The fraction of sp³-hybridized carbons (Fsp3) is 0.250. The van der Waals surface area contributed by atoms with E-state index in [0.29, 0.717) is 0 Å². The molecule has 1 unspecified atom stereocenters. The standard InChI is InChI=1S/C16H15F3N2O2/c1-23-13-8-5-9-20-15(13)21-14(22)10-12(16(17,18)19)11-6-3-2-4-7-11/h2-9,12H,10H2,1H3,(H,20,21,22). The molecule has 1 aromatic heterocycles. The number of halogens is 3. The van der Waals surface area contributed by atoms with Gasteiger partial charge in [0.25, 0.3) is 0 Å². The van der Waals surface area contributed by atoms with E-state index in [9.17, 15) is 18.0 Å². The predicted molar refractivity (Wildman–Crippen MR) is 79.3 cm³/mol. The number of nitrogens with zero attached hydrogens (tertiary/aromatic N) is 1. The molecule has 1 atom stereocenters. The lowest BCUT2D eigenvalue weighted by atomic mass is 9.95. The van der Waals surface area contributed by atoms with Crippen LogP contribution in [0.15, 0.2) is 48.7 Å². The number of carbonyl (C=O) groups is 1. The number of hydrogen-bond acceptors (Lipinski definition) is 3. The Morgan fingerprint density at radius 3 is 2.52 bits per heavy atom. The first-order valence-electron chi connectivity index (χ1n) is 6.82. The largest absolute Gasteiger partial charge is 0.493 e. The fourth-order valence-corrected chi connectivity index (χ4v) is 2.13. The lowest BCUT2D eigenvalue weighted by Crippen LogP contribution is -2.26. The third-order valence-electron chi connectivity index (χ3n) is 3.24. The van der Waals surface area contributed by atoms with Gasteiger partial charge in [-0.1, -0.05) is 30.3 Å². The summed E-state index contributed by atoms with van der Waals surface area (Å²) in [7, 11) is 1.38. The van der Waals surface area contributed by atoms with Crippen molar-refractivity contribution in [3.05, 3.63) is 54.2 Å². The zero-order valence-electron chi connectivity index (χ0n) is 12.3. The Balaban J connectivity index is 2.15. The second-order valence-electron chi connectivity index (χ2n) is 4.81. The lowest BCUT2D eigenvalue weighted by molar-refractivity contribution is -0.155. The molecule has 122 valence electrons. The van der Waals surface area contributed by atoms with Crippen LogP contribution >= 0.6 is 0 Å². The molecule has 1 N–H and O–H groups in total. The minimum absolute atomic E-state index is 0.0446. The number of hydrogen-bond donors (Lipinski definition) is 1. The van der Waals surface area contributed by atoms with Crippen LogP contribution in [-0.2, 0) is 4.79 Å². The molecular weight excluding hydrogens is 309 g/mol. The van der Waals surface area contributed by atoms with Crippen molar-refractivity contribution in [1.29, 1.82) is 0 Å². The van der Waals surface area contributed by atoms with E-state index in [-0.39, 0.29) is 17.1 Å². The molecule has 0 fully saturated rings. The van der Waals surface area contributed by atoms with Crippen molar-refractivity contribution in [1.82, 2.24) is 4.98 Å². The van der Waals surface area contributed by atoms with Crippen LogP contribution in [0.4, 0.5) is 19.0 Å². The minimum Gasteiger partial charge on any atom is -0.493 e. The number of alkyl halides is 3. The van der Waals surface area contributed by atoms with Gasteiger partial charge in [-0.05, 0) is 17.7 Å². The van der Waals surface area contributed by atoms with E-state index in [1.165, 1.54) is 37.6 Å². The Morgan fingerprint density at radius 2 is 1.91 bits per heavy atom. The molecule has 0 aliphatic heterocycles. The molecule has 2 aromatic rings. The monoisotopic (exact) mass is 324 g/mol. The van der Waals surface area contributed by atoms with Gasteiger partial charge >= 0.3 is 6.18 Å². The van der Waals surface area contributed by atoms with Crippen molar-refractivity contribution in [3.8, 4) is 5.75 Å². The van der Waals surface area contributed by atoms with E-state index >= 15 is 0 Å². The summed E-state index contributed by atoms with van der Waals surface area (Å²) in [6, 6.07) is 10.5. The quantitative estimate of drug-likeness (QED) is 0.911. The maximum absolute atomic E-state index is 13.2. The average Bonchev–Trinajstić information content (AvgIpc) is 2.53. The minimum atomic E-state index is -4.52. The molecule has 0 saturated carbocycles. The van der Waals surface area contributed by atoms with Gasteiger partial charge in [-0.15, -0.1) is 0 Å². The molecular formula is C16H15F3N2O2. The average molecular weight is 324 g/mol. The molecule has 0 aliphatic rings. The number of amides is 1. The van der Waals surface area contributed by atoms with Gasteiger partial charge in [-0.25, -0.2) is 4.98 Å². The highest BCUT2D eigenvalue weighted by Gasteiger charge is 2.41. The number of pyridine rings is 1. The fourth-order valence-electron chi connectivity index (χ4n) is 2.13. The molecule has 7 heteroatoms. The Labute approximate surface area is 131 Å². The molecule has 1 amide bonds. The molecule has 1 heterocycles. The van der Waals surface area contributed by atoms with Crippen LogP contribution in [0.2, 0.25) is 0 Å². The number of methoxy groups -OCH3 is 1. The summed E-state index contributed by atoms with van der Waals surface area (Å²) in [5, 5.41) is 2.36. The Hall–Kier alpha value is -2.57. The maximum atomic E-state index is 13.2. The van der Waals surface area contributed by atoms with Crippen molar-refractivity contribution in [3.63, 3.8) is 0 Å². The van der Waals surface area contributed by atoms with Gasteiger partial charge < -0.3 is 10.1 Å². The zero-order valence-corrected chi connectivity index (χ0v) is 12.3. The van der Waals surface area contributed by atoms with E-state index in [2.05, 4.69) is 10.3 Å². The van der Waals surface area contributed by atoms with Crippen molar-refractivity contribution in [2.75, 3.05) is 12.4 Å². The molecule has 0 spiro atoms. The van der Waals surface area contributed by atoms with Crippen LogP contribution in [0.3, 0.4) is 0 Å². The van der Waals surface area contributed by atoms with Crippen LogP contribution in [0.1, 0.15) is 17.9 Å². The number of ether oxygens (including phenoxy) is 1. The van der Waals surface area contributed by atoms with E-state index < -0.39 is 24.4 Å². The summed E-state index contributed by atoms with van der Waals surface area (Å²) >= 11 is 0. The second kappa shape index (κ2) is 7.13. The second-order valence-corrected chi connectivity index (χ2v) is 4.81.